The van der Waals surface area contributed by atoms with Crippen LogP contribution in [0, 0.1) is 0 Å². The Bertz CT molecular complexity index is 1210. The van der Waals surface area contributed by atoms with Crippen molar-refractivity contribution in [2.45, 2.75) is 23.6 Å². The highest BCUT2D eigenvalue weighted by atomic mass is 32.2. The molecule has 0 fully saturated rings. The van der Waals surface area contributed by atoms with E-state index < -0.39 is 19.7 Å². The summed E-state index contributed by atoms with van der Waals surface area (Å²) in [5, 5.41) is 0. The Morgan fingerprint density at radius 3 is 0.906 bits per heavy atom. The molecule has 0 heterocycles. The van der Waals surface area contributed by atoms with Crippen molar-refractivity contribution in [3.05, 3.63) is 95.1 Å². The Balaban J connectivity index is 1.65. The third-order valence-corrected chi connectivity index (χ3v) is 8.61. The van der Waals surface area contributed by atoms with Gasteiger partial charge in [0.15, 0.2) is 19.7 Å². The van der Waals surface area contributed by atoms with E-state index in [-0.39, 0.29) is 11.5 Å². The first kappa shape index (κ1) is 23.7. The molecule has 0 aliphatic carbocycles. The average molecular weight is 467 g/mol. The van der Waals surface area contributed by atoms with Crippen LogP contribution >= 0.6 is 0 Å². The van der Waals surface area contributed by atoms with Crippen LogP contribution in [0.1, 0.15) is 36.1 Å². The summed E-state index contributed by atoms with van der Waals surface area (Å²) in [5.74, 6) is 0.185. The molecule has 0 saturated heterocycles. The lowest BCUT2D eigenvalue weighted by atomic mass is 10.1. The summed E-state index contributed by atoms with van der Waals surface area (Å²) in [6, 6.07) is 21.7. The summed E-state index contributed by atoms with van der Waals surface area (Å²) in [4.78, 5) is 0.685. The van der Waals surface area contributed by atoms with Crippen LogP contribution in [0.5, 0.6) is 0 Å². The maximum absolute atomic E-state index is 11.9. The van der Waals surface area contributed by atoms with E-state index in [2.05, 4.69) is 0 Å². The summed E-state index contributed by atoms with van der Waals surface area (Å²) in [5.41, 5.74) is 3.91. The van der Waals surface area contributed by atoms with Gasteiger partial charge in [-0.25, -0.2) is 16.8 Å². The standard InChI is InChI=1S/C26H26O4S2/c1-3-31(27,28)25-17-13-23(14-18-25)11-9-21-5-7-22(8-6-21)10-12-24-15-19-26(20-16-24)32(29,30)4-2/h5-20H,3-4H2,1-2H3/b11-9+,12-10+. The Morgan fingerprint density at radius 1 is 0.469 bits per heavy atom. The van der Waals surface area contributed by atoms with Gasteiger partial charge >= 0.3 is 0 Å². The fourth-order valence-corrected chi connectivity index (χ4v) is 4.78. The van der Waals surface area contributed by atoms with Crippen LogP contribution in [0.25, 0.3) is 24.3 Å². The van der Waals surface area contributed by atoms with Gasteiger partial charge in [0.25, 0.3) is 0 Å². The zero-order valence-corrected chi connectivity index (χ0v) is 19.7. The van der Waals surface area contributed by atoms with E-state index >= 15 is 0 Å². The van der Waals surface area contributed by atoms with E-state index in [1.54, 1.807) is 62.4 Å². The van der Waals surface area contributed by atoms with Crippen molar-refractivity contribution in [1.29, 1.82) is 0 Å². The topological polar surface area (TPSA) is 68.3 Å². The zero-order chi connectivity index (χ0) is 23.2. The van der Waals surface area contributed by atoms with Crippen molar-refractivity contribution in [3.8, 4) is 0 Å². The van der Waals surface area contributed by atoms with Gasteiger partial charge in [-0.2, -0.15) is 0 Å². The Kier molecular flexibility index (Phi) is 7.48. The molecule has 6 heteroatoms. The minimum atomic E-state index is -3.18. The predicted molar refractivity (Wildman–Crippen MR) is 133 cm³/mol. The first-order valence-corrected chi connectivity index (χ1v) is 13.7. The van der Waals surface area contributed by atoms with Crippen LogP contribution in [-0.2, 0) is 19.7 Å². The van der Waals surface area contributed by atoms with E-state index in [1.807, 2.05) is 48.6 Å². The highest BCUT2D eigenvalue weighted by Gasteiger charge is 2.11. The van der Waals surface area contributed by atoms with Gasteiger partial charge < -0.3 is 0 Å². The van der Waals surface area contributed by atoms with Crippen LogP contribution < -0.4 is 0 Å². The number of benzene rings is 3. The van der Waals surface area contributed by atoms with Crippen molar-refractivity contribution in [2.75, 3.05) is 11.5 Å². The van der Waals surface area contributed by atoms with Gasteiger partial charge in [0, 0.05) is 0 Å². The first-order valence-electron chi connectivity index (χ1n) is 10.4. The van der Waals surface area contributed by atoms with E-state index in [0.717, 1.165) is 22.3 Å². The van der Waals surface area contributed by atoms with Crippen LogP contribution in [0.4, 0.5) is 0 Å². The summed E-state index contributed by atoms with van der Waals surface area (Å²) in [7, 11) is -6.36. The molecule has 0 radical (unpaired) electrons. The smallest absolute Gasteiger partial charge is 0.178 e. The van der Waals surface area contributed by atoms with E-state index in [4.69, 9.17) is 0 Å². The quantitative estimate of drug-likeness (QED) is 0.404. The molecule has 32 heavy (non-hydrogen) atoms. The fraction of sp³-hybridized carbons (Fsp3) is 0.154. The highest BCUT2D eigenvalue weighted by Crippen LogP contribution is 2.17. The largest absolute Gasteiger partial charge is 0.224 e. The molecule has 3 rings (SSSR count). The average Bonchev–Trinajstić information content (AvgIpc) is 2.82. The molecular formula is C26H26O4S2. The summed E-state index contributed by atoms with van der Waals surface area (Å²) in [6.07, 6.45) is 7.84. The predicted octanol–water partition coefficient (Wildman–Crippen LogP) is 5.61. The molecule has 0 aromatic heterocycles. The molecule has 166 valence electrons. The highest BCUT2D eigenvalue weighted by molar-refractivity contribution is 7.91. The van der Waals surface area contributed by atoms with E-state index in [0.29, 0.717) is 9.79 Å². The first-order chi connectivity index (χ1) is 15.2. The normalized spacial score (nSPS) is 12.6. The van der Waals surface area contributed by atoms with Gasteiger partial charge in [0.05, 0.1) is 21.3 Å². The molecule has 0 unspecified atom stereocenters. The third kappa shape index (κ3) is 6.05. The lowest BCUT2D eigenvalue weighted by Gasteiger charge is -2.02. The Morgan fingerprint density at radius 2 is 0.688 bits per heavy atom. The van der Waals surface area contributed by atoms with Crippen LogP contribution in [0.3, 0.4) is 0 Å². The molecule has 0 aliphatic heterocycles. The van der Waals surface area contributed by atoms with Gasteiger partial charge in [-0.15, -0.1) is 0 Å². The van der Waals surface area contributed by atoms with Gasteiger partial charge in [-0.3, -0.25) is 0 Å². The summed E-state index contributed by atoms with van der Waals surface area (Å²) in [6.45, 7) is 3.27. The van der Waals surface area contributed by atoms with Crippen LogP contribution in [0.2, 0.25) is 0 Å². The lowest BCUT2D eigenvalue weighted by molar-refractivity contribution is 0.595. The fourth-order valence-electron chi connectivity index (χ4n) is 3.01. The van der Waals surface area contributed by atoms with Crippen LogP contribution in [0.15, 0.2) is 82.6 Å². The minimum absolute atomic E-state index is 0.0923. The number of sulfone groups is 2. The number of hydrogen-bond acceptors (Lipinski definition) is 4. The molecule has 0 spiro atoms. The maximum atomic E-state index is 11.9. The maximum Gasteiger partial charge on any atom is 0.178 e. The molecule has 4 nitrogen and oxygen atoms in total. The molecule has 3 aromatic rings. The van der Waals surface area contributed by atoms with Crippen molar-refractivity contribution in [1.82, 2.24) is 0 Å². The van der Waals surface area contributed by atoms with Gasteiger partial charge in [0.1, 0.15) is 0 Å². The van der Waals surface area contributed by atoms with E-state index in [1.165, 1.54) is 0 Å². The monoisotopic (exact) mass is 466 g/mol. The van der Waals surface area contributed by atoms with Crippen molar-refractivity contribution >= 4 is 44.0 Å². The second-order valence-electron chi connectivity index (χ2n) is 7.28. The van der Waals surface area contributed by atoms with Crippen LogP contribution in [-0.4, -0.2) is 28.3 Å². The Hall–Kier alpha value is -2.96. The molecule has 0 saturated carbocycles. The molecule has 0 atom stereocenters. The molecule has 0 aliphatic rings. The van der Waals surface area contributed by atoms with Crippen molar-refractivity contribution in [3.63, 3.8) is 0 Å². The molecule has 0 bridgehead atoms. The van der Waals surface area contributed by atoms with Gasteiger partial charge in [0.2, 0.25) is 0 Å². The van der Waals surface area contributed by atoms with Crippen molar-refractivity contribution in [2.24, 2.45) is 0 Å². The number of rotatable bonds is 8. The third-order valence-electron chi connectivity index (χ3n) is 5.11. The molecule has 3 aromatic carbocycles. The van der Waals surface area contributed by atoms with Gasteiger partial charge in [-0.1, -0.05) is 86.7 Å². The molecule has 0 N–H and O–H groups in total. The van der Waals surface area contributed by atoms with Gasteiger partial charge in [-0.05, 0) is 46.5 Å². The lowest BCUT2D eigenvalue weighted by Crippen LogP contribution is -2.03. The SMILES string of the molecule is CCS(=O)(=O)c1ccc(/C=C/c2ccc(/C=C/c3ccc(S(=O)(=O)CC)cc3)cc2)cc1. The zero-order valence-electron chi connectivity index (χ0n) is 18.1. The van der Waals surface area contributed by atoms with E-state index in [9.17, 15) is 16.8 Å². The summed E-state index contributed by atoms with van der Waals surface area (Å²) >= 11 is 0. The second-order valence-corrected chi connectivity index (χ2v) is 11.8. The summed E-state index contributed by atoms with van der Waals surface area (Å²) < 4.78 is 47.5. The minimum Gasteiger partial charge on any atom is -0.224 e. The Labute approximate surface area is 190 Å². The molecular weight excluding hydrogens is 440 g/mol. The second kappa shape index (κ2) is 10.1. The number of hydrogen-bond donors (Lipinski definition) is 0. The molecule has 0 amide bonds. The van der Waals surface area contributed by atoms with Crippen molar-refractivity contribution < 1.29 is 16.8 Å².